The quantitative estimate of drug-likeness (QED) is 0.842. The van der Waals surface area contributed by atoms with Crippen molar-refractivity contribution in [3.63, 3.8) is 0 Å². The molecule has 100 valence electrons. The van der Waals surface area contributed by atoms with Crippen LogP contribution in [0.4, 0.5) is 0 Å². The van der Waals surface area contributed by atoms with E-state index in [1.165, 1.54) is 24.0 Å². The second kappa shape index (κ2) is 6.21. The highest BCUT2D eigenvalue weighted by Gasteiger charge is 2.19. The number of benzene rings is 1. The molecule has 2 unspecified atom stereocenters. The van der Waals surface area contributed by atoms with Gasteiger partial charge in [0.2, 0.25) is 0 Å². The van der Waals surface area contributed by atoms with Crippen molar-refractivity contribution in [3.05, 3.63) is 29.3 Å². The van der Waals surface area contributed by atoms with E-state index in [1.807, 2.05) is 6.07 Å². The molecule has 0 spiro atoms. The van der Waals surface area contributed by atoms with Crippen LogP contribution in [0.2, 0.25) is 0 Å². The van der Waals surface area contributed by atoms with Crippen molar-refractivity contribution in [1.29, 1.82) is 0 Å². The van der Waals surface area contributed by atoms with Gasteiger partial charge in [-0.2, -0.15) is 0 Å². The molecule has 0 fully saturated rings. The van der Waals surface area contributed by atoms with Gasteiger partial charge in [-0.15, -0.1) is 0 Å². The molecule has 0 amide bonds. The van der Waals surface area contributed by atoms with Crippen molar-refractivity contribution in [2.45, 2.75) is 45.3 Å². The molecule has 0 radical (unpaired) electrons. The molecule has 3 heteroatoms. The van der Waals surface area contributed by atoms with E-state index in [0.717, 1.165) is 18.7 Å². The molecule has 3 nitrogen and oxygen atoms in total. The molecule has 2 rings (SSSR count). The number of nitrogens with one attached hydrogen (secondary N) is 1. The Balaban J connectivity index is 2.14. The molecule has 1 aliphatic rings. The molecule has 1 aliphatic carbocycles. The van der Waals surface area contributed by atoms with Gasteiger partial charge in [-0.05, 0) is 56.0 Å². The van der Waals surface area contributed by atoms with Gasteiger partial charge in [-0.3, -0.25) is 0 Å². The Morgan fingerprint density at radius 1 is 1.50 bits per heavy atom. The van der Waals surface area contributed by atoms with E-state index in [1.54, 1.807) is 6.92 Å². The fourth-order valence-corrected chi connectivity index (χ4v) is 2.54. The number of rotatable bonds is 5. The molecule has 2 N–H and O–H groups in total. The van der Waals surface area contributed by atoms with Crippen LogP contribution in [0.1, 0.15) is 43.9 Å². The van der Waals surface area contributed by atoms with E-state index in [-0.39, 0.29) is 0 Å². The van der Waals surface area contributed by atoms with E-state index < -0.39 is 6.10 Å². The molecule has 1 aromatic carbocycles. The van der Waals surface area contributed by atoms with Crippen molar-refractivity contribution in [2.24, 2.45) is 0 Å². The van der Waals surface area contributed by atoms with Crippen LogP contribution >= 0.6 is 0 Å². The first-order chi connectivity index (χ1) is 8.70. The summed E-state index contributed by atoms with van der Waals surface area (Å²) in [5.74, 6) is 0.861. The largest absolute Gasteiger partial charge is 0.491 e. The van der Waals surface area contributed by atoms with Crippen LogP contribution in [0.25, 0.3) is 0 Å². The van der Waals surface area contributed by atoms with Crippen LogP contribution in [-0.4, -0.2) is 24.4 Å². The molecule has 2 atom stereocenters. The highest BCUT2D eigenvalue weighted by Crippen LogP contribution is 2.32. The topological polar surface area (TPSA) is 41.5 Å². The Hall–Kier alpha value is -1.06. The second-order valence-corrected chi connectivity index (χ2v) is 5.02. The van der Waals surface area contributed by atoms with Crippen LogP contribution in [0.3, 0.4) is 0 Å². The standard InChI is InChI=1S/C15H23NO2/c1-3-16-15-6-4-5-12-7-8-13(9-14(12)15)18-10-11(2)17/h7-9,11,15-17H,3-6,10H2,1-2H3. The van der Waals surface area contributed by atoms with Crippen LogP contribution < -0.4 is 10.1 Å². The molecule has 0 bridgehead atoms. The number of hydrogen-bond donors (Lipinski definition) is 2. The van der Waals surface area contributed by atoms with Gasteiger partial charge >= 0.3 is 0 Å². The third-order valence-electron chi connectivity index (χ3n) is 3.37. The maximum Gasteiger partial charge on any atom is 0.119 e. The summed E-state index contributed by atoms with van der Waals surface area (Å²) < 4.78 is 5.58. The molecule has 0 aliphatic heterocycles. The van der Waals surface area contributed by atoms with Crippen LogP contribution in [0.5, 0.6) is 5.75 Å². The van der Waals surface area contributed by atoms with Gasteiger partial charge in [0.05, 0.1) is 6.10 Å². The fourth-order valence-electron chi connectivity index (χ4n) is 2.54. The van der Waals surface area contributed by atoms with Gasteiger partial charge in [0, 0.05) is 6.04 Å². The van der Waals surface area contributed by atoms with Crippen molar-refractivity contribution < 1.29 is 9.84 Å². The lowest BCUT2D eigenvalue weighted by Gasteiger charge is -2.26. The van der Waals surface area contributed by atoms with Crippen molar-refractivity contribution in [1.82, 2.24) is 5.32 Å². The van der Waals surface area contributed by atoms with Crippen LogP contribution in [0.15, 0.2) is 18.2 Å². The SMILES string of the molecule is CCNC1CCCc2ccc(OCC(C)O)cc21. The van der Waals surface area contributed by atoms with E-state index in [2.05, 4.69) is 24.4 Å². The molecule has 0 heterocycles. The molecular weight excluding hydrogens is 226 g/mol. The summed E-state index contributed by atoms with van der Waals surface area (Å²) >= 11 is 0. The zero-order valence-corrected chi connectivity index (χ0v) is 11.3. The molecule has 0 saturated carbocycles. The first kappa shape index (κ1) is 13.4. The Bertz CT molecular complexity index is 390. The summed E-state index contributed by atoms with van der Waals surface area (Å²) in [7, 11) is 0. The van der Waals surface area contributed by atoms with Gasteiger partial charge in [-0.25, -0.2) is 0 Å². The van der Waals surface area contributed by atoms with Gasteiger partial charge in [-0.1, -0.05) is 13.0 Å². The normalized spacial score (nSPS) is 20.3. The fraction of sp³-hybridized carbons (Fsp3) is 0.600. The Labute approximate surface area is 109 Å². The first-order valence-electron chi connectivity index (χ1n) is 6.87. The highest BCUT2D eigenvalue weighted by atomic mass is 16.5. The minimum atomic E-state index is -0.425. The maximum absolute atomic E-state index is 9.25. The van der Waals surface area contributed by atoms with Gasteiger partial charge < -0.3 is 15.2 Å². The van der Waals surface area contributed by atoms with E-state index >= 15 is 0 Å². The van der Waals surface area contributed by atoms with Crippen LogP contribution in [-0.2, 0) is 6.42 Å². The average molecular weight is 249 g/mol. The zero-order valence-electron chi connectivity index (χ0n) is 11.3. The van der Waals surface area contributed by atoms with Crippen molar-refractivity contribution in [3.8, 4) is 5.75 Å². The first-order valence-corrected chi connectivity index (χ1v) is 6.87. The summed E-state index contributed by atoms with van der Waals surface area (Å²) in [6.45, 7) is 5.22. The predicted octanol–water partition coefficient (Wildman–Crippen LogP) is 2.43. The summed E-state index contributed by atoms with van der Waals surface area (Å²) in [5.41, 5.74) is 2.79. The monoisotopic (exact) mass is 249 g/mol. The summed E-state index contributed by atoms with van der Waals surface area (Å²) in [5, 5.41) is 12.8. The second-order valence-electron chi connectivity index (χ2n) is 5.02. The molecule has 18 heavy (non-hydrogen) atoms. The smallest absolute Gasteiger partial charge is 0.119 e. The number of aliphatic hydroxyl groups is 1. The average Bonchev–Trinajstić information content (AvgIpc) is 2.37. The van der Waals surface area contributed by atoms with Gasteiger partial charge in [0.15, 0.2) is 0 Å². The molecule has 0 saturated heterocycles. The number of ether oxygens (including phenoxy) is 1. The minimum Gasteiger partial charge on any atom is -0.491 e. The predicted molar refractivity (Wildman–Crippen MR) is 73.0 cm³/mol. The summed E-state index contributed by atoms with van der Waals surface area (Å²) in [4.78, 5) is 0. The number of aliphatic hydroxyl groups excluding tert-OH is 1. The van der Waals surface area contributed by atoms with Gasteiger partial charge in [0.1, 0.15) is 12.4 Å². The minimum absolute atomic E-state index is 0.352. The number of hydrogen-bond acceptors (Lipinski definition) is 3. The molecule has 0 aromatic heterocycles. The van der Waals surface area contributed by atoms with Crippen molar-refractivity contribution in [2.75, 3.05) is 13.2 Å². The van der Waals surface area contributed by atoms with E-state index in [4.69, 9.17) is 4.74 Å². The Kier molecular flexibility index (Phi) is 4.61. The number of aryl methyl sites for hydroxylation is 1. The highest BCUT2D eigenvalue weighted by molar-refractivity contribution is 5.39. The lowest BCUT2D eigenvalue weighted by atomic mass is 9.87. The van der Waals surface area contributed by atoms with Crippen LogP contribution in [0, 0.1) is 0 Å². The lowest BCUT2D eigenvalue weighted by Crippen LogP contribution is -2.25. The number of fused-ring (bicyclic) bond motifs is 1. The third-order valence-corrected chi connectivity index (χ3v) is 3.37. The van der Waals surface area contributed by atoms with E-state index in [9.17, 15) is 5.11 Å². The summed E-state index contributed by atoms with van der Waals surface area (Å²) in [6, 6.07) is 6.75. The Morgan fingerprint density at radius 3 is 3.06 bits per heavy atom. The van der Waals surface area contributed by atoms with E-state index in [0.29, 0.717) is 12.6 Å². The van der Waals surface area contributed by atoms with Gasteiger partial charge in [0.25, 0.3) is 0 Å². The van der Waals surface area contributed by atoms with Crippen molar-refractivity contribution >= 4 is 0 Å². The summed E-state index contributed by atoms with van der Waals surface area (Å²) in [6.07, 6.45) is 3.18. The molecule has 1 aromatic rings. The maximum atomic E-state index is 9.25. The zero-order chi connectivity index (χ0) is 13.0. The third kappa shape index (κ3) is 3.24. The molecular formula is C15H23NO2. The lowest BCUT2D eigenvalue weighted by molar-refractivity contribution is 0.122. The Morgan fingerprint density at radius 2 is 2.33 bits per heavy atom.